The van der Waals surface area contributed by atoms with Crippen molar-refractivity contribution in [3.63, 3.8) is 0 Å². The van der Waals surface area contributed by atoms with Crippen molar-refractivity contribution < 1.29 is 4.52 Å². The van der Waals surface area contributed by atoms with Gasteiger partial charge < -0.3 is 4.52 Å². The summed E-state index contributed by atoms with van der Waals surface area (Å²) in [5.74, 6) is 1.49. The number of halogens is 1. The lowest BCUT2D eigenvalue weighted by atomic mass is 10.1. The normalized spacial score (nSPS) is 11.1. The third-order valence-electron chi connectivity index (χ3n) is 4.14. The van der Waals surface area contributed by atoms with E-state index in [1.807, 2.05) is 24.3 Å². The Labute approximate surface area is 164 Å². The number of aryl methyl sites for hydroxylation is 1. The molecule has 2 heterocycles. The smallest absolute Gasteiger partial charge is 0.237 e. The summed E-state index contributed by atoms with van der Waals surface area (Å²) in [7, 11) is 0. The van der Waals surface area contributed by atoms with Gasteiger partial charge >= 0.3 is 0 Å². The quantitative estimate of drug-likeness (QED) is 0.464. The molecule has 2 aromatic heterocycles. The van der Waals surface area contributed by atoms with Crippen molar-refractivity contribution in [2.45, 2.75) is 24.8 Å². The van der Waals surface area contributed by atoms with Crippen LogP contribution in [-0.4, -0.2) is 30.3 Å². The van der Waals surface area contributed by atoms with Gasteiger partial charge in [0.05, 0.1) is 11.4 Å². The molecule has 9 heteroatoms. The Morgan fingerprint density at radius 2 is 1.93 bits per heavy atom. The predicted molar refractivity (Wildman–Crippen MR) is 103 cm³/mol. The highest BCUT2D eigenvalue weighted by molar-refractivity contribution is 7.98. The summed E-state index contributed by atoms with van der Waals surface area (Å²) in [6.45, 7) is 4.12. The van der Waals surface area contributed by atoms with Crippen LogP contribution >= 0.6 is 23.4 Å². The minimum Gasteiger partial charge on any atom is -0.338 e. The molecule has 4 rings (SSSR count). The molecule has 0 radical (unpaired) electrons. The third kappa shape index (κ3) is 3.72. The van der Waals surface area contributed by atoms with E-state index in [2.05, 4.69) is 45.6 Å². The number of thioether (sulfide) groups is 1. The van der Waals surface area contributed by atoms with Crippen LogP contribution in [0.15, 0.2) is 52.1 Å². The van der Waals surface area contributed by atoms with E-state index >= 15 is 0 Å². The maximum Gasteiger partial charge on any atom is 0.237 e. The number of aromatic nitrogens is 6. The first-order chi connectivity index (χ1) is 13.1. The van der Waals surface area contributed by atoms with Crippen LogP contribution in [0.4, 0.5) is 0 Å². The van der Waals surface area contributed by atoms with E-state index in [4.69, 9.17) is 16.1 Å². The Morgan fingerprint density at radius 1 is 1.11 bits per heavy atom. The summed E-state index contributed by atoms with van der Waals surface area (Å²) in [6, 6.07) is 13.3. The van der Waals surface area contributed by atoms with Crippen LogP contribution in [0.25, 0.3) is 17.1 Å². The first-order valence-electron chi connectivity index (χ1n) is 8.18. The first kappa shape index (κ1) is 17.7. The molecule has 0 aliphatic rings. The van der Waals surface area contributed by atoms with Crippen LogP contribution in [0.1, 0.15) is 17.0 Å². The number of benzene rings is 2. The van der Waals surface area contributed by atoms with Gasteiger partial charge in [-0.15, -0.1) is 5.10 Å². The number of rotatable bonds is 5. The Hall–Kier alpha value is -2.71. The number of tetrazole rings is 1. The van der Waals surface area contributed by atoms with E-state index in [0.717, 1.165) is 16.8 Å². The maximum absolute atomic E-state index is 5.91. The molecular weight excluding hydrogens is 384 g/mol. The van der Waals surface area contributed by atoms with E-state index in [1.54, 1.807) is 16.8 Å². The molecule has 0 bridgehead atoms. The minimum absolute atomic E-state index is 0.464. The van der Waals surface area contributed by atoms with E-state index in [1.165, 1.54) is 17.3 Å². The Morgan fingerprint density at radius 3 is 2.74 bits per heavy atom. The Balaban J connectivity index is 1.51. The van der Waals surface area contributed by atoms with Crippen LogP contribution in [0.5, 0.6) is 0 Å². The van der Waals surface area contributed by atoms with Gasteiger partial charge in [-0.3, -0.25) is 0 Å². The van der Waals surface area contributed by atoms with Crippen molar-refractivity contribution in [1.82, 2.24) is 30.3 Å². The van der Waals surface area contributed by atoms with Crippen LogP contribution in [0.3, 0.4) is 0 Å². The summed E-state index contributed by atoms with van der Waals surface area (Å²) in [4.78, 5) is 4.42. The second kappa shape index (κ2) is 7.50. The summed E-state index contributed by atoms with van der Waals surface area (Å²) in [6.07, 6.45) is 0. The Kier molecular flexibility index (Phi) is 4.91. The highest BCUT2D eigenvalue weighted by Gasteiger charge is 2.15. The molecule has 0 amide bonds. The fourth-order valence-electron chi connectivity index (χ4n) is 2.54. The van der Waals surface area contributed by atoms with Gasteiger partial charge in [0.15, 0.2) is 0 Å². The van der Waals surface area contributed by atoms with E-state index in [-0.39, 0.29) is 0 Å². The molecule has 4 aromatic rings. The van der Waals surface area contributed by atoms with Crippen LogP contribution < -0.4 is 0 Å². The molecule has 0 fully saturated rings. The predicted octanol–water partition coefficient (Wildman–Crippen LogP) is 4.27. The lowest BCUT2D eigenvalue weighted by Gasteiger charge is -2.08. The van der Waals surface area contributed by atoms with Crippen molar-refractivity contribution >= 4 is 23.4 Å². The summed E-state index contributed by atoms with van der Waals surface area (Å²) in [5.41, 5.74) is 4.12. The fourth-order valence-corrected chi connectivity index (χ4v) is 3.39. The van der Waals surface area contributed by atoms with Crippen LogP contribution in [0, 0.1) is 13.8 Å². The van der Waals surface area contributed by atoms with Crippen molar-refractivity contribution in [3.05, 3.63) is 64.5 Å². The SMILES string of the molecule is Cc1cccc(-n2nnnc2SCc2nc(-c3ccc(Cl)cc3)no2)c1C. The zero-order valence-corrected chi connectivity index (χ0v) is 16.2. The lowest BCUT2D eigenvalue weighted by molar-refractivity contribution is 0.391. The van der Waals surface area contributed by atoms with Gasteiger partial charge in [0, 0.05) is 10.6 Å². The molecule has 7 nitrogen and oxygen atoms in total. The van der Waals surface area contributed by atoms with Crippen molar-refractivity contribution in [2.75, 3.05) is 0 Å². The topological polar surface area (TPSA) is 82.5 Å². The summed E-state index contributed by atoms with van der Waals surface area (Å²) < 4.78 is 7.07. The molecule has 0 saturated carbocycles. The highest BCUT2D eigenvalue weighted by Crippen LogP contribution is 2.25. The molecule has 0 N–H and O–H groups in total. The van der Waals surface area contributed by atoms with E-state index in [9.17, 15) is 0 Å². The van der Waals surface area contributed by atoms with Crippen molar-refractivity contribution in [3.8, 4) is 17.1 Å². The van der Waals surface area contributed by atoms with Crippen LogP contribution in [0.2, 0.25) is 5.02 Å². The molecule has 0 aliphatic carbocycles. The molecule has 2 aromatic carbocycles. The average Bonchev–Trinajstić information content (AvgIpc) is 3.32. The monoisotopic (exact) mass is 398 g/mol. The Bertz CT molecular complexity index is 1080. The highest BCUT2D eigenvalue weighted by atomic mass is 35.5. The van der Waals surface area contributed by atoms with Gasteiger partial charge in [-0.2, -0.15) is 9.67 Å². The average molecular weight is 399 g/mol. The van der Waals surface area contributed by atoms with Crippen molar-refractivity contribution in [2.24, 2.45) is 0 Å². The molecule has 0 aliphatic heterocycles. The fraction of sp³-hybridized carbons (Fsp3) is 0.167. The first-order valence-corrected chi connectivity index (χ1v) is 9.54. The van der Waals surface area contributed by atoms with E-state index < -0.39 is 0 Å². The van der Waals surface area contributed by atoms with Gasteiger partial charge in [0.2, 0.25) is 16.9 Å². The number of nitrogens with zero attached hydrogens (tertiary/aromatic N) is 6. The lowest BCUT2D eigenvalue weighted by Crippen LogP contribution is -2.02. The summed E-state index contributed by atoms with van der Waals surface area (Å²) >= 11 is 7.35. The van der Waals surface area contributed by atoms with Gasteiger partial charge in [0.1, 0.15) is 0 Å². The van der Waals surface area contributed by atoms with Gasteiger partial charge in [0.25, 0.3) is 0 Å². The number of hydrogen-bond acceptors (Lipinski definition) is 7. The summed E-state index contributed by atoms with van der Waals surface area (Å²) in [5, 5.41) is 17.4. The zero-order chi connectivity index (χ0) is 18.8. The molecule has 136 valence electrons. The van der Waals surface area contributed by atoms with Gasteiger partial charge in [-0.25, -0.2) is 0 Å². The standard InChI is InChI=1S/C18H15ClN6OS/c1-11-4-3-5-15(12(11)2)25-18(21-23-24-25)27-10-16-20-17(22-26-16)13-6-8-14(19)9-7-13/h3-9H,10H2,1-2H3. The second-order valence-corrected chi connectivity index (χ2v) is 7.28. The number of hydrogen-bond donors (Lipinski definition) is 0. The van der Waals surface area contributed by atoms with Gasteiger partial charge in [-0.05, 0) is 65.7 Å². The second-order valence-electron chi connectivity index (χ2n) is 5.90. The minimum atomic E-state index is 0.464. The molecule has 0 spiro atoms. The molecule has 0 saturated heterocycles. The zero-order valence-electron chi connectivity index (χ0n) is 14.6. The molecule has 27 heavy (non-hydrogen) atoms. The molecular formula is C18H15ClN6OS. The van der Waals surface area contributed by atoms with Crippen LogP contribution in [-0.2, 0) is 5.75 Å². The maximum atomic E-state index is 5.91. The van der Waals surface area contributed by atoms with E-state index in [0.29, 0.717) is 27.6 Å². The van der Waals surface area contributed by atoms with Crippen molar-refractivity contribution in [1.29, 1.82) is 0 Å². The third-order valence-corrected chi connectivity index (χ3v) is 5.30. The molecule has 0 unspecified atom stereocenters. The molecule has 0 atom stereocenters. The van der Waals surface area contributed by atoms with Gasteiger partial charge in [-0.1, -0.05) is 40.7 Å². The largest absolute Gasteiger partial charge is 0.338 e.